The minimum absolute atomic E-state index is 0.0704. The van der Waals surface area contributed by atoms with E-state index in [0.717, 1.165) is 28.2 Å². The molecule has 29 heavy (non-hydrogen) atoms. The van der Waals surface area contributed by atoms with Crippen molar-refractivity contribution in [3.63, 3.8) is 0 Å². The number of fused-ring (bicyclic) bond motifs is 1. The fourth-order valence-electron chi connectivity index (χ4n) is 3.15. The van der Waals surface area contributed by atoms with Crippen LogP contribution in [0.5, 0.6) is 5.75 Å². The van der Waals surface area contributed by atoms with Gasteiger partial charge >= 0.3 is 0 Å². The van der Waals surface area contributed by atoms with Crippen LogP contribution < -0.4 is 10.1 Å². The summed E-state index contributed by atoms with van der Waals surface area (Å²) in [5.74, 6) is 1.02. The number of hydrogen-bond acceptors (Lipinski definition) is 7. The van der Waals surface area contributed by atoms with E-state index in [2.05, 4.69) is 30.2 Å². The number of aryl methyl sites for hydroxylation is 1. The number of ether oxygens (including phenoxy) is 1. The fraction of sp³-hybridized carbons (Fsp3) is 0.286. The molecule has 1 aliphatic rings. The van der Waals surface area contributed by atoms with Crippen molar-refractivity contribution in [2.45, 2.75) is 39.8 Å². The Kier molecular flexibility index (Phi) is 5.07. The van der Waals surface area contributed by atoms with Crippen LogP contribution in [-0.2, 0) is 17.8 Å². The first kappa shape index (κ1) is 18.8. The number of rotatable bonds is 6. The zero-order valence-corrected chi connectivity index (χ0v) is 16.5. The van der Waals surface area contributed by atoms with Crippen LogP contribution in [0, 0.1) is 6.92 Å². The van der Waals surface area contributed by atoms with Gasteiger partial charge in [-0.2, -0.15) is 0 Å². The van der Waals surface area contributed by atoms with Crippen LogP contribution in [0.3, 0.4) is 0 Å². The lowest BCUT2D eigenvalue weighted by molar-refractivity contribution is -0.115. The molecule has 8 heteroatoms. The van der Waals surface area contributed by atoms with Gasteiger partial charge in [-0.3, -0.25) is 9.79 Å². The lowest BCUT2D eigenvalue weighted by atomic mass is 10.0. The number of carbonyl (C=O) groups excluding carboxylic acids is 1. The van der Waals surface area contributed by atoms with Gasteiger partial charge in [0.15, 0.2) is 0 Å². The molecule has 0 bridgehead atoms. The van der Waals surface area contributed by atoms with E-state index in [9.17, 15) is 4.79 Å². The smallest absolute Gasteiger partial charge is 0.231 e. The van der Waals surface area contributed by atoms with E-state index < -0.39 is 0 Å². The number of hydrogen-bond donors (Lipinski definition) is 1. The maximum absolute atomic E-state index is 12.3. The van der Waals surface area contributed by atoms with Crippen molar-refractivity contribution in [3.8, 4) is 5.75 Å². The van der Waals surface area contributed by atoms with Gasteiger partial charge in [-0.25, -0.2) is 9.61 Å². The molecule has 0 saturated carbocycles. The molecule has 1 aliphatic heterocycles. The molecule has 1 N–H and O–H groups in total. The van der Waals surface area contributed by atoms with Gasteiger partial charge in [0.25, 0.3) is 0 Å². The fourth-order valence-corrected chi connectivity index (χ4v) is 3.15. The Morgan fingerprint density at radius 3 is 2.86 bits per heavy atom. The van der Waals surface area contributed by atoms with Crippen LogP contribution in [0.25, 0.3) is 0 Å². The largest absolute Gasteiger partial charge is 0.491 e. The molecule has 1 amide bonds. The molecule has 1 aromatic carbocycles. The second-order valence-corrected chi connectivity index (χ2v) is 7.10. The summed E-state index contributed by atoms with van der Waals surface area (Å²) < 4.78 is 10.4. The zero-order chi connectivity index (χ0) is 20.4. The standard InChI is InChI=1S/C21H21N5O3/c1-12(2)28-16-5-4-15-11-23-21(17(15)9-16)14-6-7-22-19(8-14)24-20(27)10-18-13(3)25-29-26-18/h4-9,12H,10-11H2,1-3H3,(H,22,24,27). The van der Waals surface area contributed by atoms with Crippen molar-refractivity contribution < 1.29 is 14.2 Å². The summed E-state index contributed by atoms with van der Waals surface area (Å²) in [6.45, 7) is 6.35. The molecule has 0 aliphatic carbocycles. The number of benzene rings is 1. The van der Waals surface area contributed by atoms with Crippen molar-refractivity contribution in [2.24, 2.45) is 4.99 Å². The summed E-state index contributed by atoms with van der Waals surface area (Å²) in [7, 11) is 0. The topological polar surface area (TPSA) is 102 Å². The Morgan fingerprint density at radius 1 is 1.24 bits per heavy atom. The third-order valence-corrected chi connectivity index (χ3v) is 4.49. The van der Waals surface area contributed by atoms with Crippen molar-refractivity contribution in [3.05, 3.63) is 64.6 Å². The number of aliphatic imine (C=N–C) groups is 1. The Balaban J connectivity index is 1.53. The number of nitrogens with zero attached hydrogens (tertiary/aromatic N) is 4. The molecule has 2 aromatic heterocycles. The molecule has 8 nitrogen and oxygen atoms in total. The number of pyridine rings is 1. The molecule has 0 unspecified atom stereocenters. The minimum Gasteiger partial charge on any atom is -0.491 e. The van der Waals surface area contributed by atoms with Crippen molar-refractivity contribution in [1.82, 2.24) is 15.3 Å². The number of nitrogens with one attached hydrogen (secondary N) is 1. The number of aromatic nitrogens is 3. The molecule has 148 valence electrons. The Bertz CT molecular complexity index is 1090. The van der Waals surface area contributed by atoms with Crippen molar-refractivity contribution >= 4 is 17.4 Å². The normalized spacial score (nSPS) is 12.6. The van der Waals surface area contributed by atoms with Gasteiger partial charge in [-0.1, -0.05) is 16.4 Å². The predicted octanol–water partition coefficient (Wildman–Crippen LogP) is 3.09. The number of carbonyl (C=O) groups is 1. The maximum Gasteiger partial charge on any atom is 0.231 e. The van der Waals surface area contributed by atoms with Crippen molar-refractivity contribution in [2.75, 3.05) is 5.32 Å². The Hall–Kier alpha value is -3.55. The van der Waals surface area contributed by atoms with E-state index in [1.165, 1.54) is 0 Å². The van der Waals surface area contributed by atoms with Crippen LogP contribution in [0.2, 0.25) is 0 Å². The molecular weight excluding hydrogens is 370 g/mol. The Morgan fingerprint density at radius 2 is 2.10 bits per heavy atom. The summed E-state index contributed by atoms with van der Waals surface area (Å²) in [4.78, 5) is 21.2. The quantitative estimate of drug-likeness (QED) is 0.693. The first-order valence-corrected chi connectivity index (χ1v) is 9.38. The van der Waals surface area contributed by atoms with Crippen LogP contribution in [-0.4, -0.2) is 33.0 Å². The predicted molar refractivity (Wildman–Crippen MR) is 107 cm³/mol. The average molecular weight is 391 g/mol. The number of anilines is 1. The van der Waals surface area contributed by atoms with Gasteiger partial charge in [-0.15, -0.1) is 0 Å². The summed E-state index contributed by atoms with van der Waals surface area (Å²) in [6, 6.07) is 9.72. The number of amides is 1. The van der Waals surface area contributed by atoms with E-state index in [4.69, 9.17) is 4.74 Å². The zero-order valence-electron chi connectivity index (χ0n) is 16.5. The van der Waals surface area contributed by atoms with Crippen molar-refractivity contribution in [1.29, 1.82) is 0 Å². The van der Waals surface area contributed by atoms with Crippen LogP contribution in [0.15, 0.2) is 46.2 Å². The molecule has 3 heterocycles. The molecule has 0 saturated heterocycles. The monoisotopic (exact) mass is 391 g/mol. The van der Waals surface area contributed by atoms with E-state index >= 15 is 0 Å². The van der Waals surface area contributed by atoms with Gasteiger partial charge < -0.3 is 10.1 Å². The minimum atomic E-state index is -0.241. The summed E-state index contributed by atoms with van der Waals surface area (Å²) in [6.07, 6.45) is 1.82. The first-order valence-electron chi connectivity index (χ1n) is 9.38. The highest BCUT2D eigenvalue weighted by Gasteiger charge is 2.19. The average Bonchev–Trinajstić information content (AvgIpc) is 3.27. The highest BCUT2D eigenvalue weighted by Crippen LogP contribution is 2.28. The van der Waals surface area contributed by atoms with E-state index in [1.807, 2.05) is 44.2 Å². The molecule has 0 spiro atoms. The van der Waals surface area contributed by atoms with Crippen LogP contribution >= 0.6 is 0 Å². The highest BCUT2D eigenvalue weighted by molar-refractivity contribution is 6.15. The molecule has 4 rings (SSSR count). The second kappa shape index (κ2) is 7.83. The van der Waals surface area contributed by atoms with Gasteiger partial charge in [0.2, 0.25) is 5.91 Å². The molecule has 0 atom stereocenters. The van der Waals surface area contributed by atoms with Gasteiger partial charge in [0, 0.05) is 17.3 Å². The first-order chi connectivity index (χ1) is 14.0. The van der Waals surface area contributed by atoms with Gasteiger partial charge in [0.05, 0.1) is 24.8 Å². The molecule has 0 radical (unpaired) electrons. The summed E-state index contributed by atoms with van der Waals surface area (Å²) >= 11 is 0. The maximum atomic E-state index is 12.3. The third kappa shape index (κ3) is 4.16. The summed E-state index contributed by atoms with van der Waals surface area (Å²) in [5, 5.41) is 10.2. The van der Waals surface area contributed by atoms with E-state index in [0.29, 0.717) is 23.8 Å². The second-order valence-electron chi connectivity index (χ2n) is 7.10. The SMILES string of the molecule is Cc1nonc1CC(=O)Nc1cc(C2=NCc3ccc(OC(C)C)cc32)ccn1. The highest BCUT2D eigenvalue weighted by atomic mass is 16.6. The van der Waals surface area contributed by atoms with E-state index in [-0.39, 0.29) is 18.4 Å². The molecule has 0 fully saturated rings. The molecule has 3 aromatic rings. The van der Waals surface area contributed by atoms with Gasteiger partial charge in [-0.05, 0) is 50.6 Å². The lowest BCUT2D eigenvalue weighted by Gasteiger charge is -2.12. The third-order valence-electron chi connectivity index (χ3n) is 4.49. The molecular formula is C21H21N5O3. The Labute approximate surface area is 168 Å². The van der Waals surface area contributed by atoms with Crippen LogP contribution in [0.1, 0.15) is 41.9 Å². The van der Waals surface area contributed by atoms with Gasteiger partial charge in [0.1, 0.15) is 23.0 Å². The lowest BCUT2D eigenvalue weighted by Crippen LogP contribution is -2.16. The summed E-state index contributed by atoms with van der Waals surface area (Å²) in [5.41, 5.74) is 5.03. The van der Waals surface area contributed by atoms with Crippen LogP contribution in [0.4, 0.5) is 5.82 Å². The van der Waals surface area contributed by atoms with E-state index in [1.54, 1.807) is 13.1 Å².